The average molecular weight is 390 g/mol. The minimum Gasteiger partial charge on any atom is -0.357 e. The summed E-state index contributed by atoms with van der Waals surface area (Å²) in [5, 5.41) is 8.57. The van der Waals surface area contributed by atoms with E-state index in [-0.39, 0.29) is 11.3 Å². The third-order valence-corrected chi connectivity index (χ3v) is 4.83. The first-order valence-corrected chi connectivity index (χ1v) is 9.90. The van der Waals surface area contributed by atoms with Gasteiger partial charge in [-0.3, -0.25) is 4.79 Å². The molecular formula is C23H27N5O. The average Bonchev–Trinajstić information content (AvgIpc) is 3.30. The Balaban J connectivity index is 1.39. The number of carbonyl (C=O) groups is 1. The lowest BCUT2D eigenvalue weighted by Gasteiger charge is -2.18. The predicted molar refractivity (Wildman–Crippen MR) is 117 cm³/mol. The van der Waals surface area contributed by atoms with Crippen molar-refractivity contribution in [2.24, 2.45) is 5.41 Å². The van der Waals surface area contributed by atoms with Crippen molar-refractivity contribution >= 4 is 27.8 Å². The Morgan fingerprint density at radius 3 is 2.76 bits per heavy atom. The monoisotopic (exact) mass is 389 g/mol. The molecule has 3 aromatic heterocycles. The molecule has 4 rings (SSSR count). The van der Waals surface area contributed by atoms with Gasteiger partial charge in [-0.25, -0.2) is 4.98 Å². The van der Waals surface area contributed by atoms with Crippen LogP contribution in [0.5, 0.6) is 0 Å². The van der Waals surface area contributed by atoms with Crippen molar-refractivity contribution in [3.05, 3.63) is 65.6 Å². The Bertz CT molecular complexity index is 1150. The molecule has 0 spiro atoms. The van der Waals surface area contributed by atoms with Crippen LogP contribution in [-0.2, 0) is 13.1 Å². The molecule has 3 heterocycles. The van der Waals surface area contributed by atoms with E-state index in [1.807, 2.05) is 18.3 Å². The van der Waals surface area contributed by atoms with Crippen molar-refractivity contribution in [1.82, 2.24) is 25.6 Å². The summed E-state index contributed by atoms with van der Waals surface area (Å²) >= 11 is 0. The smallest absolute Gasteiger partial charge is 0.253 e. The molecule has 1 aromatic carbocycles. The highest BCUT2D eigenvalue weighted by molar-refractivity contribution is 5.96. The highest BCUT2D eigenvalue weighted by Crippen LogP contribution is 2.18. The summed E-state index contributed by atoms with van der Waals surface area (Å²) in [5.74, 6) is -0.126. The lowest BCUT2D eigenvalue weighted by Crippen LogP contribution is -2.26. The van der Waals surface area contributed by atoms with E-state index in [0.717, 1.165) is 40.9 Å². The second-order valence-electron chi connectivity index (χ2n) is 8.70. The Kier molecular flexibility index (Phi) is 5.11. The van der Waals surface area contributed by atoms with Crippen molar-refractivity contribution in [3.63, 3.8) is 0 Å². The maximum atomic E-state index is 12.5. The van der Waals surface area contributed by atoms with Crippen molar-refractivity contribution in [3.8, 4) is 0 Å². The number of aromatic nitrogens is 3. The standard InChI is InChI=1S/C23H27N5O/c1-23(2,3)14-24-13-19-10-16-5-4-15(8-20(16)28-19)11-27-22(29)18-9-17-6-7-25-21(17)26-12-18/h4-10,12,24,28H,11,13-14H2,1-3H3,(H,25,26)(H,27,29). The molecule has 0 radical (unpaired) electrons. The van der Waals surface area contributed by atoms with Gasteiger partial charge in [0.1, 0.15) is 5.65 Å². The summed E-state index contributed by atoms with van der Waals surface area (Å²) in [4.78, 5) is 23.2. The number of carbonyl (C=O) groups excluding carboxylic acids is 1. The fourth-order valence-corrected chi connectivity index (χ4v) is 3.36. The molecule has 0 aliphatic rings. The predicted octanol–water partition coefficient (Wildman–Crippen LogP) is 4.11. The molecule has 6 nitrogen and oxygen atoms in total. The van der Waals surface area contributed by atoms with Crippen LogP contribution in [0.25, 0.3) is 21.9 Å². The number of H-pyrrole nitrogens is 2. The molecule has 0 aliphatic carbocycles. The van der Waals surface area contributed by atoms with E-state index in [1.54, 1.807) is 6.20 Å². The first-order valence-electron chi connectivity index (χ1n) is 9.90. The maximum Gasteiger partial charge on any atom is 0.253 e. The van der Waals surface area contributed by atoms with Gasteiger partial charge in [0.25, 0.3) is 5.91 Å². The highest BCUT2D eigenvalue weighted by atomic mass is 16.1. The fraction of sp³-hybridized carbons (Fsp3) is 0.304. The summed E-state index contributed by atoms with van der Waals surface area (Å²) in [7, 11) is 0. The SMILES string of the molecule is CC(C)(C)CNCc1cc2ccc(CNC(=O)c3cnc4[nH]ccc4c3)cc2[nH]1. The number of benzene rings is 1. The minimum atomic E-state index is -0.126. The van der Waals surface area contributed by atoms with Crippen molar-refractivity contribution < 1.29 is 4.79 Å². The second kappa shape index (κ2) is 7.72. The number of fused-ring (bicyclic) bond motifs is 2. The zero-order valence-corrected chi connectivity index (χ0v) is 17.1. The van der Waals surface area contributed by atoms with E-state index in [0.29, 0.717) is 12.1 Å². The van der Waals surface area contributed by atoms with Crippen molar-refractivity contribution in [2.75, 3.05) is 6.54 Å². The quantitative estimate of drug-likeness (QED) is 0.400. The fourth-order valence-electron chi connectivity index (χ4n) is 3.36. The lowest BCUT2D eigenvalue weighted by atomic mass is 9.97. The van der Waals surface area contributed by atoms with E-state index in [1.165, 1.54) is 5.39 Å². The molecule has 6 heteroatoms. The van der Waals surface area contributed by atoms with Gasteiger partial charge < -0.3 is 20.6 Å². The summed E-state index contributed by atoms with van der Waals surface area (Å²) < 4.78 is 0. The number of nitrogens with one attached hydrogen (secondary N) is 4. The zero-order valence-electron chi connectivity index (χ0n) is 17.1. The molecule has 1 amide bonds. The van der Waals surface area contributed by atoms with E-state index in [2.05, 4.69) is 70.6 Å². The van der Waals surface area contributed by atoms with Crippen LogP contribution in [0.2, 0.25) is 0 Å². The van der Waals surface area contributed by atoms with E-state index in [4.69, 9.17) is 0 Å². The Labute approximate surface area is 170 Å². The van der Waals surface area contributed by atoms with Crippen molar-refractivity contribution in [1.29, 1.82) is 0 Å². The Morgan fingerprint density at radius 1 is 1.07 bits per heavy atom. The van der Waals surface area contributed by atoms with E-state index in [9.17, 15) is 4.79 Å². The molecule has 0 saturated carbocycles. The number of hydrogen-bond donors (Lipinski definition) is 4. The molecule has 29 heavy (non-hydrogen) atoms. The van der Waals surface area contributed by atoms with Crippen molar-refractivity contribution in [2.45, 2.75) is 33.9 Å². The van der Waals surface area contributed by atoms with Crippen LogP contribution in [0.3, 0.4) is 0 Å². The zero-order chi connectivity index (χ0) is 20.4. The van der Waals surface area contributed by atoms with Gasteiger partial charge in [-0.05, 0) is 40.6 Å². The van der Waals surface area contributed by atoms with Gasteiger partial charge in [-0.2, -0.15) is 0 Å². The Morgan fingerprint density at radius 2 is 1.93 bits per heavy atom. The lowest BCUT2D eigenvalue weighted by molar-refractivity contribution is 0.0950. The normalized spacial score (nSPS) is 12.0. The van der Waals surface area contributed by atoms with Gasteiger partial charge >= 0.3 is 0 Å². The first-order chi connectivity index (χ1) is 13.9. The number of rotatable bonds is 6. The van der Waals surface area contributed by atoms with Gasteiger partial charge in [0.2, 0.25) is 0 Å². The number of amides is 1. The molecule has 4 N–H and O–H groups in total. The third-order valence-electron chi connectivity index (χ3n) is 4.83. The summed E-state index contributed by atoms with van der Waals surface area (Å²) in [6, 6.07) is 12.2. The first kappa shape index (κ1) is 19.2. The molecule has 4 aromatic rings. The summed E-state index contributed by atoms with van der Waals surface area (Å²) in [6.45, 7) is 8.90. The van der Waals surface area contributed by atoms with E-state index >= 15 is 0 Å². The molecule has 150 valence electrons. The van der Waals surface area contributed by atoms with Crippen LogP contribution < -0.4 is 10.6 Å². The Hall–Kier alpha value is -3.12. The number of nitrogens with zero attached hydrogens (tertiary/aromatic N) is 1. The molecule has 0 saturated heterocycles. The van der Waals surface area contributed by atoms with Crippen LogP contribution in [0.1, 0.15) is 42.4 Å². The van der Waals surface area contributed by atoms with Gasteiger partial charge in [-0.1, -0.05) is 32.9 Å². The van der Waals surface area contributed by atoms with E-state index < -0.39 is 0 Å². The topological polar surface area (TPSA) is 85.6 Å². The molecule has 0 unspecified atom stereocenters. The third kappa shape index (κ3) is 4.66. The maximum absolute atomic E-state index is 12.5. The van der Waals surface area contributed by atoms with Crippen LogP contribution in [0.15, 0.2) is 48.8 Å². The van der Waals surface area contributed by atoms with Gasteiger partial charge in [0.05, 0.1) is 5.56 Å². The molecule has 0 aliphatic heterocycles. The second-order valence-corrected chi connectivity index (χ2v) is 8.70. The van der Waals surface area contributed by atoms with Gasteiger partial charge in [0, 0.05) is 48.6 Å². The molecule has 0 bridgehead atoms. The van der Waals surface area contributed by atoms with Gasteiger partial charge in [-0.15, -0.1) is 0 Å². The van der Waals surface area contributed by atoms with Crippen LogP contribution in [0.4, 0.5) is 0 Å². The van der Waals surface area contributed by atoms with Crippen LogP contribution in [0, 0.1) is 5.41 Å². The number of aromatic amines is 2. The highest BCUT2D eigenvalue weighted by Gasteiger charge is 2.10. The number of hydrogen-bond acceptors (Lipinski definition) is 3. The number of pyridine rings is 1. The summed E-state index contributed by atoms with van der Waals surface area (Å²) in [6.07, 6.45) is 3.41. The van der Waals surface area contributed by atoms with Crippen LogP contribution in [-0.4, -0.2) is 27.4 Å². The van der Waals surface area contributed by atoms with Crippen LogP contribution >= 0.6 is 0 Å². The van der Waals surface area contributed by atoms with Gasteiger partial charge in [0.15, 0.2) is 0 Å². The molecular weight excluding hydrogens is 362 g/mol. The summed E-state index contributed by atoms with van der Waals surface area (Å²) in [5.41, 5.74) is 4.91. The largest absolute Gasteiger partial charge is 0.357 e. The molecule has 0 atom stereocenters. The molecule has 0 fully saturated rings. The minimum absolute atomic E-state index is 0.126.